The Morgan fingerprint density at radius 3 is 2.81 bits per heavy atom. The van der Waals surface area contributed by atoms with E-state index in [4.69, 9.17) is 0 Å². The number of sulfonamides is 1. The lowest BCUT2D eigenvalue weighted by molar-refractivity contribution is -0.132. The van der Waals surface area contributed by atoms with E-state index in [1.165, 1.54) is 12.1 Å². The number of hydrogen-bond donors (Lipinski definition) is 1. The number of carbonyl (C=O) groups is 2. The Kier molecular flexibility index (Phi) is 4.47. The molecule has 2 aliphatic heterocycles. The van der Waals surface area contributed by atoms with Gasteiger partial charge in [0.2, 0.25) is 5.91 Å². The van der Waals surface area contributed by atoms with Crippen molar-refractivity contribution in [3.05, 3.63) is 47.8 Å². The van der Waals surface area contributed by atoms with Crippen molar-refractivity contribution in [1.82, 2.24) is 19.4 Å². The summed E-state index contributed by atoms with van der Waals surface area (Å²) in [6, 6.07) is 8.04. The molecule has 4 rings (SSSR count). The van der Waals surface area contributed by atoms with Crippen LogP contribution in [0.2, 0.25) is 0 Å². The van der Waals surface area contributed by atoms with Crippen LogP contribution in [0.5, 0.6) is 0 Å². The second-order valence-electron chi connectivity index (χ2n) is 6.82. The first-order chi connectivity index (χ1) is 13.0. The van der Waals surface area contributed by atoms with Crippen molar-refractivity contribution >= 4 is 21.8 Å². The summed E-state index contributed by atoms with van der Waals surface area (Å²) in [7, 11) is -3.87. The zero-order valence-electron chi connectivity index (χ0n) is 14.7. The lowest BCUT2D eigenvalue weighted by Crippen LogP contribution is -2.41. The van der Waals surface area contributed by atoms with Crippen molar-refractivity contribution in [3.63, 3.8) is 0 Å². The summed E-state index contributed by atoms with van der Waals surface area (Å²) in [5.41, 5.74) is 1.17. The Labute approximate surface area is 157 Å². The Morgan fingerprint density at radius 1 is 1.26 bits per heavy atom. The van der Waals surface area contributed by atoms with Crippen molar-refractivity contribution in [3.8, 4) is 0 Å². The van der Waals surface area contributed by atoms with Gasteiger partial charge in [0.1, 0.15) is 4.90 Å². The molecule has 8 nitrogen and oxygen atoms in total. The number of likely N-dealkylation sites (tertiary alicyclic amines) is 1. The molecule has 1 aromatic heterocycles. The molecule has 0 aliphatic carbocycles. The Bertz CT molecular complexity index is 971. The van der Waals surface area contributed by atoms with Crippen LogP contribution >= 0.6 is 0 Å². The lowest BCUT2D eigenvalue weighted by atomic mass is 9.95. The number of amides is 2. The summed E-state index contributed by atoms with van der Waals surface area (Å²) in [6.45, 7) is 1.08. The monoisotopic (exact) mass is 388 g/mol. The number of piperidine rings is 1. The van der Waals surface area contributed by atoms with E-state index >= 15 is 0 Å². The highest BCUT2D eigenvalue weighted by molar-refractivity contribution is 7.90. The van der Waals surface area contributed by atoms with Crippen LogP contribution in [0.3, 0.4) is 0 Å². The maximum atomic E-state index is 12.6. The van der Waals surface area contributed by atoms with Crippen molar-refractivity contribution in [2.45, 2.75) is 30.1 Å². The second kappa shape index (κ2) is 6.80. The van der Waals surface area contributed by atoms with E-state index in [2.05, 4.69) is 10.2 Å². The predicted octanol–water partition coefficient (Wildman–Crippen LogP) is 1.35. The summed E-state index contributed by atoms with van der Waals surface area (Å²) in [6.07, 6.45) is 3.52. The molecule has 0 saturated carbocycles. The molecule has 0 radical (unpaired) electrons. The van der Waals surface area contributed by atoms with Gasteiger partial charge in [-0.1, -0.05) is 12.1 Å². The van der Waals surface area contributed by atoms with Gasteiger partial charge in [-0.25, -0.2) is 12.7 Å². The van der Waals surface area contributed by atoms with Crippen LogP contribution in [-0.2, 0) is 14.8 Å². The Morgan fingerprint density at radius 2 is 2.07 bits per heavy atom. The molecule has 27 heavy (non-hydrogen) atoms. The van der Waals surface area contributed by atoms with E-state index in [1.54, 1.807) is 23.2 Å². The summed E-state index contributed by atoms with van der Waals surface area (Å²) in [4.78, 5) is 26.8. The number of rotatable bonds is 4. The van der Waals surface area contributed by atoms with E-state index in [9.17, 15) is 18.0 Å². The minimum atomic E-state index is -3.87. The number of hydrogen-bond acceptors (Lipinski definition) is 5. The molecule has 0 unspecified atom stereocenters. The zero-order valence-corrected chi connectivity index (χ0v) is 15.5. The third-order valence-electron chi connectivity index (χ3n) is 5.18. The van der Waals surface area contributed by atoms with Crippen LogP contribution < -0.4 is 0 Å². The van der Waals surface area contributed by atoms with Gasteiger partial charge >= 0.3 is 0 Å². The van der Waals surface area contributed by atoms with Crippen LogP contribution in [0.4, 0.5) is 0 Å². The molecular weight excluding hydrogens is 368 g/mol. The fourth-order valence-electron chi connectivity index (χ4n) is 3.76. The molecule has 2 aliphatic rings. The van der Waals surface area contributed by atoms with E-state index in [0.717, 1.165) is 22.8 Å². The van der Waals surface area contributed by atoms with Gasteiger partial charge in [-0.2, -0.15) is 5.10 Å². The Balaban J connectivity index is 1.42. The molecule has 1 fully saturated rings. The van der Waals surface area contributed by atoms with Crippen LogP contribution in [-0.4, -0.2) is 59.3 Å². The smallest absolute Gasteiger partial charge is 0.269 e. The maximum absolute atomic E-state index is 12.6. The van der Waals surface area contributed by atoms with Gasteiger partial charge in [-0.15, -0.1) is 0 Å². The van der Waals surface area contributed by atoms with E-state index < -0.39 is 15.9 Å². The first-order valence-electron chi connectivity index (χ1n) is 8.91. The number of fused-ring (bicyclic) bond motifs is 1. The average molecular weight is 388 g/mol. The van der Waals surface area contributed by atoms with Crippen LogP contribution in [0.15, 0.2) is 41.4 Å². The van der Waals surface area contributed by atoms with Gasteiger partial charge in [-0.05, 0) is 31.0 Å². The zero-order chi connectivity index (χ0) is 19.0. The van der Waals surface area contributed by atoms with E-state index in [-0.39, 0.29) is 35.2 Å². The summed E-state index contributed by atoms with van der Waals surface area (Å²) in [5, 5.41) is 6.91. The summed E-state index contributed by atoms with van der Waals surface area (Å²) >= 11 is 0. The molecule has 0 bridgehead atoms. The van der Waals surface area contributed by atoms with Crippen LogP contribution in [0, 0.1) is 0 Å². The molecule has 142 valence electrons. The van der Waals surface area contributed by atoms with Gasteiger partial charge in [0, 0.05) is 43.9 Å². The standard InChI is InChI=1S/C18H20N4O4S/c23-17(21-10-3-4-13(12-21)15-7-9-19-20-15)8-11-22-18(24)14-5-1-2-6-16(14)27(22,25)26/h1-2,5-7,9,13H,3-4,8,10-12H2,(H,19,20)/t13-/m0/s1. The fraction of sp³-hybridized carbons (Fsp3) is 0.389. The first-order valence-corrected chi connectivity index (χ1v) is 10.4. The molecule has 9 heteroatoms. The van der Waals surface area contributed by atoms with Gasteiger partial charge in [-0.3, -0.25) is 14.7 Å². The number of aromatic nitrogens is 2. The summed E-state index contributed by atoms with van der Waals surface area (Å²) in [5.74, 6) is -0.503. The number of benzene rings is 1. The number of H-pyrrole nitrogens is 1. The predicted molar refractivity (Wildman–Crippen MR) is 96.4 cm³/mol. The molecule has 2 aromatic rings. The fourth-order valence-corrected chi connectivity index (χ4v) is 5.33. The lowest BCUT2D eigenvalue weighted by Gasteiger charge is -2.32. The van der Waals surface area contributed by atoms with E-state index in [0.29, 0.717) is 13.1 Å². The molecule has 2 amide bonds. The second-order valence-corrected chi connectivity index (χ2v) is 8.65. The van der Waals surface area contributed by atoms with Crippen LogP contribution in [0.25, 0.3) is 0 Å². The molecule has 1 saturated heterocycles. The number of aromatic amines is 1. The molecule has 1 atom stereocenters. The topological polar surface area (TPSA) is 103 Å². The average Bonchev–Trinajstić information content (AvgIpc) is 3.28. The van der Waals surface area contributed by atoms with Gasteiger partial charge in [0.15, 0.2) is 0 Å². The van der Waals surface area contributed by atoms with Gasteiger partial charge in [0.05, 0.1) is 5.56 Å². The highest BCUT2D eigenvalue weighted by Gasteiger charge is 2.41. The SMILES string of the molecule is O=C(CCN1C(=O)c2ccccc2S1(=O)=O)N1CCC[C@H](c2ccn[nH]2)C1. The van der Waals surface area contributed by atoms with Crippen LogP contribution in [0.1, 0.15) is 41.2 Å². The van der Waals surface area contributed by atoms with Gasteiger partial charge in [0.25, 0.3) is 15.9 Å². The normalized spacial score (nSPS) is 21.3. The minimum absolute atomic E-state index is 0.0136. The Hall–Kier alpha value is -2.68. The van der Waals surface area contributed by atoms with Gasteiger partial charge < -0.3 is 4.90 Å². The number of nitrogens with zero attached hydrogens (tertiary/aromatic N) is 3. The minimum Gasteiger partial charge on any atom is -0.342 e. The number of nitrogens with one attached hydrogen (secondary N) is 1. The van der Waals surface area contributed by atoms with Crippen molar-refractivity contribution < 1.29 is 18.0 Å². The maximum Gasteiger partial charge on any atom is 0.269 e. The van der Waals surface area contributed by atoms with Crippen molar-refractivity contribution in [1.29, 1.82) is 0 Å². The highest BCUT2D eigenvalue weighted by atomic mass is 32.2. The molecular formula is C18H20N4O4S. The van der Waals surface area contributed by atoms with Crippen molar-refractivity contribution in [2.75, 3.05) is 19.6 Å². The molecule has 1 aromatic carbocycles. The largest absolute Gasteiger partial charge is 0.342 e. The highest BCUT2D eigenvalue weighted by Crippen LogP contribution is 2.30. The molecule has 3 heterocycles. The molecule has 0 spiro atoms. The third kappa shape index (κ3) is 3.12. The molecule has 1 N–H and O–H groups in total. The van der Waals surface area contributed by atoms with Crippen molar-refractivity contribution in [2.24, 2.45) is 0 Å². The summed E-state index contributed by atoms with van der Waals surface area (Å²) < 4.78 is 25.9. The first kappa shape index (κ1) is 17.7. The third-order valence-corrected chi connectivity index (χ3v) is 7.02. The quantitative estimate of drug-likeness (QED) is 0.852. The number of carbonyl (C=O) groups excluding carboxylic acids is 2. The van der Waals surface area contributed by atoms with E-state index in [1.807, 2.05) is 6.07 Å².